The normalized spacial score (nSPS) is 10.7. The van der Waals surface area contributed by atoms with E-state index in [1.54, 1.807) is 67.6 Å². The Hall–Kier alpha value is -4.89. The Balaban J connectivity index is 1.69. The summed E-state index contributed by atoms with van der Waals surface area (Å²) in [6, 6.07) is 19.3. The first-order chi connectivity index (χ1) is 19.2. The molecule has 0 aliphatic carbocycles. The summed E-state index contributed by atoms with van der Waals surface area (Å²) in [7, 11) is 0. The highest BCUT2D eigenvalue weighted by molar-refractivity contribution is 6.06. The maximum Gasteiger partial charge on any atom is 0.307 e. The van der Waals surface area contributed by atoms with Crippen LogP contribution in [0.2, 0.25) is 0 Å². The second kappa shape index (κ2) is 12.8. The molecule has 1 heterocycles. The number of pyridine rings is 1. The first-order valence-corrected chi connectivity index (χ1v) is 12.6. The number of nitrogens with two attached hydrogens (primary N) is 1. The number of amides is 1. The highest BCUT2D eigenvalue weighted by atomic mass is 19.1. The number of aliphatic carboxylic acids is 1. The third-order valence-electron chi connectivity index (χ3n) is 6.14. The number of hydrogen-bond donors (Lipinski definition) is 3. The van der Waals surface area contributed by atoms with Gasteiger partial charge < -0.3 is 20.9 Å². The Kier molecular flexibility index (Phi) is 8.98. The minimum atomic E-state index is -1.03. The van der Waals surface area contributed by atoms with Crippen LogP contribution in [0.5, 0.6) is 5.75 Å². The zero-order valence-corrected chi connectivity index (χ0v) is 21.8. The number of anilines is 1. The largest absolute Gasteiger partial charge is 0.489 e. The van der Waals surface area contributed by atoms with Gasteiger partial charge in [-0.25, -0.2) is 4.39 Å². The molecule has 0 atom stereocenters. The van der Waals surface area contributed by atoms with Crippen molar-refractivity contribution in [3.05, 3.63) is 113 Å². The predicted molar refractivity (Wildman–Crippen MR) is 149 cm³/mol. The standard InChI is InChI=1S/C31H28FN3O5/c1-2-29(36)28-11-19(7-8-34-28)18-40-26-14-23(22-9-20(17-33)10-25(32)13-22)12-24(15-26)31(39)35-27-6-4-3-5-21(27)16-30(37)38/h3-15H,2,16-18,33H2,1H3,(H,35,39)(H,37,38). The maximum absolute atomic E-state index is 14.4. The third-order valence-corrected chi connectivity index (χ3v) is 6.14. The summed E-state index contributed by atoms with van der Waals surface area (Å²) in [5, 5.41) is 12.0. The number of ketones is 1. The van der Waals surface area contributed by atoms with Gasteiger partial charge in [0.05, 0.1) is 6.42 Å². The van der Waals surface area contributed by atoms with Gasteiger partial charge in [-0.2, -0.15) is 0 Å². The average molecular weight is 542 g/mol. The quantitative estimate of drug-likeness (QED) is 0.217. The first kappa shape index (κ1) is 28.1. The minimum absolute atomic E-state index is 0.0900. The summed E-state index contributed by atoms with van der Waals surface area (Å²) in [6.07, 6.45) is 1.60. The molecular weight excluding hydrogens is 513 g/mol. The van der Waals surface area contributed by atoms with E-state index in [9.17, 15) is 23.9 Å². The number of hydrogen-bond acceptors (Lipinski definition) is 6. The molecule has 4 N–H and O–H groups in total. The molecule has 0 saturated heterocycles. The van der Waals surface area contributed by atoms with Crippen LogP contribution in [0.3, 0.4) is 0 Å². The smallest absolute Gasteiger partial charge is 0.307 e. The van der Waals surface area contributed by atoms with Crippen molar-refractivity contribution in [2.45, 2.75) is 32.9 Å². The number of Topliss-reactive ketones (excluding diaryl/α,β-unsaturated/α-hetero) is 1. The van der Waals surface area contributed by atoms with E-state index in [4.69, 9.17) is 10.5 Å². The summed E-state index contributed by atoms with van der Waals surface area (Å²) >= 11 is 0. The number of rotatable bonds is 11. The molecule has 9 heteroatoms. The van der Waals surface area contributed by atoms with Crippen LogP contribution in [0.1, 0.15) is 50.9 Å². The SMILES string of the molecule is CCC(=O)c1cc(COc2cc(C(=O)Nc3ccccc3CC(=O)O)cc(-c3cc(F)cc(CN)c3)c2)ccn1. The molecule has 0 aliphatic rings. The maximum atomic E-state index is 14.4. The zero-order chi connectivity index (χ0) is 28.6. The number of benzene rings is 3. The second-order valence-electron chi connectivity index (χ2n) is 9.09. The fourth-order valence-electron chi connectivity index (χ4n) is 4.13. The van der Waals surface area contributed by atoms with Crippen molar-refractivity contribution < 1.29 is 28.6 Å². The van der Waals surface area contributed by atoms with Crippen LogP contribution >= 0.6 is 0 Å². The van der Waals surface area contributed by atoms with Gasteiger partial charge in [0.25, 0.3) is 5.91 Å². The molecule has 1 amide bonds. The summed E-state index contributed by atoms with van der Waals surface area (Å²) in [4.78, 5) is 40.8. The van der Waals surface area contributed by atoms with Gasteiger partial charge in [-0.05, 0) is 82.4 Å². The number of aromatic nitrogens is 1. The summed E-state index contributed by atoms with van der Waals surface area (Å²) in [5.74, 6) is -1.75. The molecular formula is C31H28FN3O5. The van der Waals surface area contributed by atoms with Gasteiger partial charge in [0.1, 0.15) is 23.9 Å². The van der Waals surface area contributed by atoms with Gasteiger partial charge in [-0.1, -0.05) is 25.1 Å². The van der Waals surface area contributed by atoms with Gasteiger partial charge in [-0.3, -0.25) is 19.4 Å². The van der Waals surface area contributed by atoms with Crippen molar-refractivity contribution in [2.75, 3.05) is 5.32 Å². The Morgan fingerprint density at radius 3 is 2.50 bits per heavy atom. The van der Waals surface area contributed by atoms with Crippen LogP contribution < -0.4 is 15.8 Å². The van der Waals surface area contributed by atoms with Crippen LogP contribution in [0.15, 0.2) is 79.0 Å². The average Bonchev–Trinajstić information content (AvgIpc) is 2.96. The Bertz CT molecular complexity index is 1570. The van der Waals surface area contributed by atoms with E-state index in [1.807, 2.05) is 0 Å². The Morgan fingerprint density at radius 1 is 0.975 bits per heavy atom. The molecule has 0 fully saturated rings. The fourth-order valence-corrected chi connectivity index (χ4v) is 4.13. The Labute approximate surface area is 230 Å². The highest BCUT2D eigenvalue weighted by Crippen LogP contribution is 2.29. The van der Waals surface area contributed by atoms with E-state index in [1.165, 1.54) is 18.3 Å². The van der Waals surface area contributed by atoms with Crippen molar-refractivity contribution in [1.82, 2.24) is 4.98 Å². The molecule has 0 radical (unpaired) electrons. The monoisotopic (exact) mass is 541 g/mol. The van der Waals surface area contributed by atoms with Crippen molar-refractivity contribution in [2.24, 2.45) is 5.73 Å². The van der Waals surface area contributed by atoms with Gasteiger partial charge in [0.2, 0.25) is 0 Å². The summed E-state index contributed by atoms with van der Waals surface area (Å²) in [6.45, 7) is 1.99. The molecule has 8 nitrogen and oxygen atoms in total. The molecule has 204 valence electrons. The number of carboxylic acid groups (broad SMARTS) is 1. The number of carbonyl (C=O) groups is 3. The lowest BCUT2D eigenvalue weighted by molar-refractivity contribution is -0.136. The van der Waals surface area contributed by atoms with Crippen molar-refractivity contribution in [3.63, 3.8) is 0 Å². The van der Waals surface area contributed by atoms with Crippen molar-refractivity contribution in [1.29, 1.82) is 0 Å². The molecule has 3 aromatic carbocycles. The Morgan fingerprint density at radius 2 is 1.75 bits per heavy atom. The number of carboxylic acids is 1. The van der Waals surface area contributed by atoms with Gasteiger partial charge in [0, 0.05) is 30.4 Å². The van der Waals surface area contributed by atoms with E-state index >= 15 is 0 Å². The van der Waals surface area contributed by atoms with Gasteiger partial charge >= 0.3 is 5.97 Å². The molecule has 0 unspecified atom stereocenters. The van der Waals surface area contributed by atoms with Crippen molar-refractivity contribution in [3.8, 4) is 16.9 Å². The predicted octanol–water partition coefficient (Wildman–Crippen LogP) is 5.40. The summed E-state index contributed by atoms with van der Waals surface area (Å²) in [5.41, 5.74) is 9.42. The van der Waals surface area contributed by atoms with Gasteiger partial charge in [-0.15, -0.1) is 0 Å². The highest BCUT2D eigenvalue weighted by Gasteiger charge is 2.15. The molecule has 0 aliphatic heterocycles. The molecule has 4 aromatic rings. The topological polar surface area (TPSA) is 132 Å². The second-order valence-corrected chi connectivity index (χ2v) is 9.09. The molecule has 0 spiro atoms. The minimum Gasteiger partial charge on any atom is -0.489 e. The number of nitrogens with one attached hydrogen (secondary N) is 1. The lowest BCUT2D eigenvalue weighted by Crippen LogP contribution is -2.15. The van der Waals surface area contributed by atoms with Crippen LogP contribution in [-0.4, -0.2) is 27.8 Å². The summed E-state index contributed by atoms with van der Waals surface area (Å²) < 4.78 is 20.4. The van der Waals surface area contributed by atoms with Crippen LogP contribution in [-0.2, 0) is 24.4 Å². The van der Waals surface area contributed by atoms with E-state index in [-0.39, 0.29) is 30.9 Å². The fraction of sp³-hybridized carbons (Fsp3) is 0.161. The first-order valence-electron chi connectivity index (χ1n) is 12.6. The molecule has 1 aromatic heterocycles. The zero-order valence-electron chi connectivity index (χ0n) is 21.8. The molecule has 40 heavy (non-hydrogen) atoms. The third kappa shape index (κ3) is 7.15. The van der Waals surface area contributed by atoms with Crippen molar-refractivity contribution >= 4 is 23.3 Å². The van der Waals surface area contributed by atoms with E-state index < -0.39 is 17.7 Å². The number of nitrogens with zero attached hydrogens (tertiary/aromatic N) is 1. The van der Waals surface area contributed by atoms with E-state index in [2.05, 4.69) is 10.3 Å². The van der Waals surface area contributed by atoms with Crippen LogP contribution in [0, 0.1) is 5.82 Å². The molecule has 0 saturated carbocycles. The molecule has 4 rings (SSSR count). The van der Waals surface area contributed by atoms with E-state index in [0.717, 1.165) is 0 Å². The van der Waals surface area contributed by atoms with E-state index in [0.29, 0.717) is 51.4 Å². The molecule has 0 bridgehead atoms. The number of carbonyl (C=O) groups excluding carboxylic acids is 2. The lowest BCUT2D eigenvalue weighted by atomic mass is 9.99. The number of para-hydroxylation sites is 1. The lowest BCUT2D eigenvalue weighted by Gasteiger charge is -2.14. The van der Waals surface area contributed by atoms with Crippen LogP contribution in [0.25, 0.3) is 11.1 Å². The number of halogens is 1. The van der Waals surface area contributed by atoms with Crippen LogP contribution in [0.4, 0.5) is 10.1 Å². The van der Waals surface area contributed by atoms with Gasteiger partial charge in [0.15, 0.2) is 5.78 Å². The number of ether oxygens (including phenoxy) is 1.